The normalized spacial score (nSPS) is 12.2. The van der Waals surface area contributed by atoms with E-state index >= 15 is 0 Å². The van der Waals surface area contributed by atoms with E-state index in [-0.39, 0.29) is 0 Å². The molecule has 3 rings (SSSR count). The summed E-state index contributed by atoms with van der Waals surface area (Å²) in [5, 5.41) is 2.66. The molecule has 24 heavy (non-hydrogen) atoms. The molecule has 0 spiro atoms. The van der Waals surface area contributed by atoms with Crippen molar-refractivity contribution in [2.24, 2.45) is 0 Å². The van der Waals surface area contributed by atoms with Crippen LogP contribution in [0.1, 0.15) is 30.5 Å². The van der Waals surface area contributed by atoms with Crippen molar-refractivity contribution in [2.75, 3.05) is 0 Å². The molecule has 0 atom stereocenters. The van der Waals surface area contributed by atoms with Crippen LogP contribution in [0.25, 0.3) is 27.5 Å². The first kappa shape index (κ1) is 16.3. The first-order valence-corrected chi connectivity index (χ1v) is 8.50. The monoisotopic (exact) mass is 312 g/mol. The first-order valence-electron chi connectivity index (χ1n) is 8.50. The zero-order valence-electron chi connectivity index (χ0n) is 14.9. The molecule has 0 N–H and O–H groups in total. The number of allylic oxidation sites excluding steroid dienone is 4. The topological polar surface area (TPSA) is 0 Å². The molecule has 3 aromatic rings. The summed E-state index contributed by atoms with van der Waals surface area (Å²) in [4.78, 5) is 0. The van der Waals surface area contributed by atoms with Crippen molar-refractivity contribution in [3.8, 4) is 11.1 Å². The Morgan fingerprint density at radius 1 is 0.875 bits per heavy atom. The number of hydrogen-bond donors (Lipinski definition) is 0. The predicted octanol–water partition coefficient (Wildman–Crippen LogP) is 7.10. The van der Waals surface area contributed by atoms with Gasteiger partial charge in [-0.2, -0.15) is 0 Å². The Hall–Kier alpha value is -2.60. The van der Waals surface area contributed by atoms with Gasteiger partial charge in [0.25, 0.3) is 0 Å². The fourth-order valence-corrected chi connectivity index (χ4v) is 3.30. The van der Waals surface area contributed by atoms with Gasteiger partial charge in [0.1, 0.15) is 0 Å². The van der Waals surface area contributed by atoms with E-state index < -0.39 is 0 Å². The van der Waals surface area contributed by atoms with Gasteiger partial charge in [0.2, 0.25) is 0 Å². The maximum atomic E-state index is 2.30. The second-order valence-electron chi connectivity index (χ2n) is 6.46. The van der Waals surface area contributed by atoms with E-state index in [1.807, 2.05) is 0 Å². The Balaban J connectivity index is 2.40. The van der Waals surface area contributed by atoms with Crippen LogP contribution in [-0.2, 0) is 0 Å². The molecule has 0 aliphatic heterocycles. The van der Waals surface area contributed by atoms with Gasteiger partial charge < -0.3 is 0 Å². The van der Waals surface area contributed by atoms with E-state index in [0.29, 0.717) is 0 Å². The molecule has 0 heterocycles. The molecule has 0 fully saturated rings. The summed E-state index contributed by atoms with van der Waals surface area (Å²) in [5.41, 5.74) is 7.80. The third kappa shape index (κ3) is 3.19. The molecular weight excluding hydrogens is 288 g/mol. The summed E-state index contributed by atoms with van der Waals surface area (Å²) in [6, 6.07) is 19.9. The van der Waals surface area contributed by atoms with E-state index in [1.54, 1.807) is 0 Å². The third-order valence-corrected chi connectivity index (χ3v) is 4.39. The number of aryl methyl sites for hydroxylation is 2. The summed E-state index contributed by atoms with van der Waals surface area (Å²) in [7, 11) is 0. The molecular formula is C24H24. The number of hydrogen-bond acceptors (Lipinski definition) is 0. The van der Waals surface area contributed by atoms with Gasteiger partial charge >= 0.3 is 0 Å². The molecule has 0 aromatic heterocycles. The van der Waals surface area contributed by atoms with Crippen LogP contribution < -0.4 is 0 Å². The van der Waals surface area contributed by atoms with Gasteiger partial charge in [-0.05, 0) is 71.9 Å². The maximum Gasteiger partial charge on any atom is -0.00298 e. The van der Waals surface area contributed by atoms with Crippen molar-refractivity contribution >= 4 is 16.3 Å². The average molecular weight is 312 g/mol. The van der Waals surface area contributed by atoms with Crippen LogP contribution in [0.2, 0.25) is 0 Å². The van der Waals surface area contributed by atoms with Gasteiger partial charge in [-0.1, -0.05) is 72.8 Å². The van der Waals surface area contributed by atoms with Crippen LogP contribution in [0.15, 0.2) is 72.8 Å². The van der Waals surface area contributed by atoms with E-state index in [2.05, 4.69) is 101 Å². The van der Waals surface area contributed by atoms with Gasteiger partial charge in [-0.3, -0.25) is 0 Å². The Morgan fingerprint density at radius 3 is 2.21 bits per heavy atom. The molecule has 0 radical (unpaired) electrons. The molecule has 0 amide bonds. The Labute approximate surface area is 145 Å². The molecule has 0 bridgehead atoms. The molecule has 0 saturated carbocycles. The molecule has 0 aliphatic carbocycles. The maximum absolute atomic E-state index is 2.30. The van der Waals surface area contributed by atoms with Crippen molar-refractivity contribution in [1.29, 1.82) is 0 Å². The zero-order valence-corrected chi connectivity index (χ0v) is 14.9. The van der Waals surface area contributed by atoms with Crippen LogP contribution in [0.5, 0.6) is 0 Å². The Bertz CT molecular complexity index is 920. The average Bonchev–Trinajstić information content (AvgIpc) is 2.58. The highest BCUT2D eigenvalue weighted by atomic mass is 14.2. The molecule has 0 aliphatic rings. The number of benzene rings is 3. The van der Waals surface area contributed by atoms with Crippen molar-refractivity contribution in [3.63, 3.8) is 0 Å². The van der Waals surface area contributed by atoms with E-state index in [4.69, 9.17) is 0 Å². The third-order valence-electron chi connectivity index (χ3n) is 4.39. The number of rotatable bonds is 3. The molecule has 0 heteroatoms. The lowest BCUT2D eigenvalue weighted by Gasteiger charge is -2.15. The van der Waals surface area contributed by atoms with E-state index in [9.17, 15) is 0 Å². The van der Waals surface area contributed by atoms with Crippen molar-refractivity contribution in [3.05, 3.63) is 89.5 Å². The van der Waals surface area contributed by atoms with Crippen LogP contribution in [0.4, 0.5) is 0 Å². The van der Waals surface area contributed by atoms with Crippen LogP contribution >= 0.6 is 0 Å². The minimum Gasteiger partial charge on any atom is -0.0877 e. The summed E-state index contributed by atoms with van der Waals surface area (Å²) >= 11 is 0. The van der Waals surface area contributed by atoms with Gasteiger partial charge in [0, 0.05) is 0 Å². The summed E-state index contributed by atoms with van der Waals surface area (Å²) in [6.07, 6.45) is 6.38. The molecule has 0 nitrogen and oxygen atoms in total. The fourth-order valence-electron chi connectivity index (χ4n) is 3.30. The van der Waals surface area contributed by atoms with Crippen molar-refractivity contribution in [1.82, 2.24) is 0 Å². The SMILES string of the molecule is C/C=C/C=C(\C)c1cc(C)cc2cc(C)cc(-c3ccccc3)c12. The van der Waals surface area contributed by atoms with Crippen LogP contribution in [-0.4, -0.2) is 0 Å². The molecule has 3 aromatic carbocycles. The smallest absolute Gasteiger partial charge is 0.00298 e. The second-order valence-corrected chi connectivity index (χ2v) is 6.46. The standard InChI is InChI=1S/C24H24/c1-5-6-10-19(4)22-15-17(2)13-21-14-18(3)16-23(24(21)22)20-11-8-7-9-12-20/h5-16H,1-4H3/b6-5+,19-10+. The lowest BCUT2D eigenvalue weighted by Crippen LogP contribution is -1.91. The van der Waals surface area contributed by atoms with Crippen LogP contribution in [0, 0.1) is 13.8 Å². The van der Waals surface area contributed by atoms with Gasteiger partial charge in [0.15, 0.2) is 0 Å². The quantitative estimate of drug-likeness (QED) is 0.452. The second kappa shape index (κ2) is 6.88. The minimum atomic E-state index is 1.27. The first-order chi connectivity index (χ1) is 11.6. The lowest BCUT2D eigenvalue weighted by atomic mass is 9.89. The summed E-state index contributed by atoms with van der Waals surface area (Å²) < 4.78 is 0. The van der Waals surface area contributed by atoms with Crippen LogP contribution in [0.3, 0.4) is 0 Å². The highest BCUT2D eigenvalue weighted by Gasteiger charge is 2.11. The van der Waals surface area contributed by atoms with Gasteiger partial charge in [-0.25, -0.2) is 0 Å². The molecule has 0 saturated heterocycles. The Morgan fingerprint density at radius 2 is 1.54 bits per heavy atom. The van der Waals surface area contributed by atoms with E-state index in [0.717, 1.165) is 0 Å². The van der Waals surface area contributed by atoms with Gasteiger partial charge in [-0.15, -0.1) is 0 Å². The minimum absolute atomic E-state index is 1.27. The summed E-state index contributed by atoms with van der Waals surface area (Å²) in [5.74, 6) is 0. The highest BCUT2D eigenvalue weighted by Crippen LogP contribution is 2.36. The Kier molecular flexibility index (Phi) is 4.66. The van der Waals surface area contributed by atoms with Crippen molar-refractivity contribution in [2.45, 2.75) is 27.7 Å². The predicted molar refractivity (Wildman–Crippen MR) is 107 cm³/mol. The largest absolute Gasteiger partial charge is 0.0877 e. The number of fused-ring (bicyclic) bond motifs is 1. The summed E-state index contributed by atoms with van der Waals surface area (Å²) in [6.45, 7) is 8.60. The van der Waals surface area contributed by atoms with E-state index in [1.165, 1.54) is 44.2 Å². The lowest BCUT2D eigenvalue weighted by molar-refractivity contribution is 1.45. The molecule has 120 valence electrons. The molecule has 0 unspecified atom stereocenters. The fraction of sp³-hybridized carbons (Fsp3) is 0.167. The van der Waals surface area contributed by atoms with Gasteiger partial charge in [0.05, 0.1) is 0 Å². The zero-order chi connectivity index (χ0) is 17.1. The highest BCUT2D eigenvalue weighted by molar-refractivity contribution is 6.04. The van der Waals surface area contributed by atoms with Crippen molar-refractivity contribution < 1.29 is 0 Å².